The van der Waals surface area contributed by atoms with Crippen LogP contribution in [-0.4, -0.2) is 37.9 Å². The lowest BCUT2D eigenvalue weighted by atomic mass is 9.72. The Morgan fingerprint density at radius 1 is 1.43 bits per heavy atom. The molecule has 1 aliphatic heterocycles. The van der Waals surface area contributed by atoms with Gasteiger partial charge in [-0.15, -0.1) is 0 Å². The molecule has 2 aliphatic rings. The molecule has 0 aromatic heterocycles. The number of fused-ring (bicyclic) bond motifs is 1. The van der Waals surface area contributed by atoms with Gasteiger partial charge < -0.3 is 20.5 Å². The van der Waals surface area contributed by atoms with Gasteiger partial charge in [-0.25, -0.2) is 13.6 Å². The van der Waals surface area contributed by atoms with Crippen LogP contribution in [0.5, 0.6) is 0 Å². The molecule has 5 nitrogen and oxygen atoms in total. The highest BCUT2D eigenvalue weighted by molar-refractivity contribution is 5.90. The van der Waals surface area contributed by atoms with E-state index in [-0.39, 0.29) is 29.8 Å². The number of nitrogens with one attached hydrogen (secondary N) is 1. The lowest BCUT2D eigenvalue weighted by molar-refractivity contribution is 0.00524. The van der Waals surface area contributed by atoms with Gasteiger partial charge >= 0.3 is 5.97 Å². The summed E-state index contributed by atoms with van der Waals surface area (Å²) in [5.41, 5.74) is 5.54. The largest absolute Gasteiger partial charge is 0.465 e. The maximum Gasteiger partial charge on any atom is 0.340 e. The van der Waals surface area contributed by atoms with E-state index in [0.717, 1.165) is 13.5 Å². The molecule has 1 aliphatic carbocycles. The van der Waals surface area contributed by atoms with Crippen LogP contribution in [0, 0.1) is 17.6 Å². The summed E-state index contributed by atoms with van der Waals surface area (Å²) < 4.78 is 37.8. The predicted octanol–water partition coefficient (Wildman–Crippen LogP) is 1.28. The van der Waals surface area contributed by atoms with E-state index in [1.54, 1.807) is 0 Å². The molecule has 3 rings (SSSR count). The molecule has 1 aromatic carbocycles. The number of methoxy groups -OCH3 is 1. The molecule has 7 heteroatoms. The van der Waals surface area contributed by atoms with Gasteiger partial charge in [-0.2, -0.15) is 0 Å². The number of anilines is 1. The third-order valence-electron chi connectivity index (χ3n) is 4.26. The van der Waals surface area contributed by atoms with E-state index in [9.17, 15) is 13.6 Å². The maximum absolute atomic E-state index is 14.0. The van der Waals surface area contributed by atoms with E-state index in [1.165, 1.54) is 12.1 Å². The average molecular weight is 298 g/mol. The summed E-state index contributed by atoms with van der Waals surface area (Å²) in [6.45, 7) is 0.638. The van der Waals surface area contributed by atoms with Crippen LogP contribution >= 0.6 is 0 Å². The first-order valence-electron chi connectivity index (χ1n) is 6.74. The SMILES string of the molecule is COC(=O)c1ccc(NC2C(N)C3CCOC32)c(F)c1F. The zero-order chi connectivity index (χ0) is 15.1. The summed E-state index contributed by atoms with van der Waals surface area (Å²) in [6.07, 6.45) is 0.824. The van der Waals surface area contributed by atoms with Gasteiger partial charge in [0.1, 0.15) is 0 Å². The molecule has 1 saturated carbocycles. The third kappa shape index (κ3) is 2.16. The van der Waals surface area contributed by atoms with Crippen molar-refractivity contribution in [3.05, 3.63) is 29.3 Å². The molecule has 1 saturated heterocycles. The zero-order valence-electron chi connectivity index (χ0n) is 11.4. The van der Waals surface area contributed by atoms with Crippen molar-refractivity contribution < 1.29 is 23.0 Å². The van der Waals surface area contributed by atoms with Crippen LogP contribution in [0.3, 0.4) is 0 Å². The Bertz CT molecular complexity index is 582. The molecule has 0 radical (unpaired) electrons. The van der Waals surface area contributed by atoms with E-state index in [2.05, 4.69) is 10.1 Å². The minimum atomic E-state index is -1.23. The van der Waals surface area contributed by atoms with E-state index < -0.39 is 23.2 Å². The Labute approximate surface area is 120 Å². The van der Waals surface area contributed by atoms with E-state index in [0.29, 0.717) is 6.61 Å². The summed E-state index contributed by atoms with van der Waals surface area (Å²) in [5.74, 6) is -3.00. The minimum absolute atomic E-state index is 0.0328. The van der Waals surface area contributed by atoms with Crippen LogP contribution in [0.4, 0.5) is 14.5 Å². The van der Waals surface area contributed by atoms with Crippen LogP contribution in [0.2, 0.25) is 0 Å². The molecule has 4 unspecified atom stereocenters. The molecule has 2 fully saturated rings. The molecule has 114 valence electrons. The number of hydrogen-bond acceptors (Lipinski definition) is 5. The van der Waals surface area contributed by atoms with E-state index >= 15 is 0 Å². The number of hydrogen-bond donors (Lipinski definition) is 2. The number of halogens is 2. The number of nitrogens with two attached hydrogens (primary N) is 1. The van der Waals surface area contributed by atoms with Crippen molar-refractivity contribution >= 4 is 11.7 Å². The fraction of sp³-hybridized carbons (Fsp3) is 0.500. The molecule has 21 heavy (non-hydrogen) atoms. The predicted molar refractivity (Wildman–Crippen MR) is 70.9 cm³/mol. The molecular weight excluding hydrogens is 282 g/mol. The topological polar surface area (TPSA) is 73.6 Å². The molecular formula is C14H16F2N2O3. The van der Waals surface area contributed by atoms with Crippen LogP contribution in [-0.2, 0) is 9.47 Å². The van der Waals surface area contributed by atoms with Crippen molar-refractivity contribution in [1.29, 1.82) is 0 Å². The lowest BCUT2D eigenvalue weighted by Gasteiger charge is -2.46. The minimum Gasteiger partial charge on any atom is -0.465 e. The first kappa shape index (κ1) is 14.2. The van der Waals surface area contributed by atoms with Crippen molar-refractivity contribution in [2.45, 2.75) is 24.6 Å². The number of carbonyl (C=O) groups excluding carboxylic acids is 1. The maximum atomic E-state index is 14.0. The van der Waals surface area contributed by atoms with Gasteiger partial charge in [0.2, 0.25) is 0 Å². The smallest absolute Gasteiger partial charge is 0.340 e. The molecule has 1 aromatic rings. The second kappa shape index (κ2) is 5.23. The standard InChI is InChI=1S/C14H16F2N2O3/c1-20-14(19)6-2-3-8(10(16)9(6)15)18-12-11(17)7-4-5-21-13(7)12/h2-3,7,11-13,18H,4-5,17H2,1H3. The van der Waals surface area contributed by atoms with Crippen LogP contribution in [0.15, 0.2) is 12.1 Å². The number of carbonyl (C=O) groups is 1. The molecule has 4 atom stereocenters. The van der Waals surface area contributed by atoms with Gasteiger partial charge in [0.25, 0.3) is 0 Å². The number of rotatable bonds is 3. The van der Waals surface area contributed by atoms with Gasteiger partial charge in [-0.3, -0.25) is 0 Å². The Morgan fingerprint density at radius 3 is 2.90 bits per heavy atom. The van der Waals surface area contributed by atoms with Gasteiger partial charge in [0, 0.05) is 18.6 Å². The quantitative estimate of drug-likeness (QED) is 0.822. The third-order valence-corrected chi connectivity index (χ3v) is 4.26. The monoisotopic (exact) mass is 298 g/mol. The van der Waals surface area contributed by atoms with Crippen molar-refractivity contribution in [1.82, 2.24) is 0 Å². The highest BCUT2D eigenvalue weighted by Crippen LogP contribution is 2.39. The van der Waals surface area contributed by atoms with Gasteiger partial charge in [-0.05, 0) is 18.6 Å². The first-order chi connectivity index (χ1) is 10.0. The second-order valence-electron chi connectivity index (χ2n) is 5.32. The van der Waals surface area contributed by atoms with Crippen LogP contribution < -0.4 is 11.1 Å². The summed E-state index contributed by atoms with van der Waals surface area (Å²) >= 11 is 0. The van der Waals surface area contributed by atoms with Gasteiger partial charge in [0.15, 0.2) is 11.6 Å². The average Bonchev–Trinajstić information content (AvgIpc) is 2.92. The van der Waals surface area contributed by atoms with Crippen molar-refractivity contribution in [2.75, 3.05) is 19.0 Å². The molecule has 3 N–H and O–H groups in total. The fourth-order valence-electron chi connectivity index (χ4n) is 3.04. The summed E-state index contributed by atoms with van der Waals surface area (Å²) in [4.78, 5) is 11.3. The van der Waals surface area contributed by atoms with Crippen LogP contribution in [0.1, 0.15) is 16.8 Å². The lowest BCUT2D eigenvalue weighted by Crippen LogP contribution is -2.65. The second-order valence-corrected chi connectivity index (χ2v) is 5.32. The molecule has 0 bridgehead atoms. The fourth-order valence-corrected chi connectivity index (χ4v) is 3.04. The Morgan fingerprint density at radius 2 is 2.19 bits per heavy atom. The Balaban J connectivity index is 1.80. The molecule has 0 spiro atoms. The highest BCUT2D eigenvalue weighted by Gasteiger charge is 2.52. The van der Waals surface area contributed by atoms with Gasteiger partial charge in [-0.1, -0.05) is 0 Å². The summed E-state index contributed by atoms with van der Waals surface area (Å²) in [7, 11) is 1.11. The van der Waals surface area contributed by atoms with E-state index in [4.69, 9.17) is 10.5 Å². The van der Waals surface area contributed by atoms with Crippen molar-refractivity contribution in [3.63, 3.8) is 0 Å². The first-order valence-corrected chi connectivity index (χ1v) is 6.74. The highest BCUT2D eigenvalue weighted by atomic mass is 19.2. The summed E-state index contributed by atoms with van der Waals surface area (Å²) in [5, 5.41) is 2.88. The number of ether oxygens (including phenoxy) is 2. The molecule has 0 amide bonds. The zero-order valence-corrected chi connectivity index (χ0v) is 11.4. The van der Waals surface area contributed by atoms with Gasteiger partial charge in [0.05, 0.1) is 30.5 Å². The van der Waals surface area contributed by atoms with Crippen molar-refractivity contribution in [2.24, 2.45) is 11.7 Å². The number of benzene rings is 1. The molecule has 1 heterocycles. The Hall–Kier alpha value is -1.73. The van der Waals surface area contributed by atoms with E-state index in [1.807, 2.05) is 0 Å². The normalized spacial score (nSPS) is 30.5. The Kier molecular flexibility index (Phi) is 3.54. The summed E-state index contributed by atoms with van der Waals surface area (Å²) in [6, 6.07) is 2.08. The van der Waals surface area contributed by atoms with Crippen LogP contribution in [0.25, 0.3) is 0 Å². The number of esters is 1. The van der Waals surface area contributed by atoms with Crippen molar-refractivity contribution in [3.8, 4) is 0 Å².